The van der Waals surface area contributed by atoms with E-state index in [1.54, 1.807) is 0 Å². The van der Waals surface area contributed by atoms with Gasteiger partial charge in [-0.1, -0.05) is 19.8 Å². The van der Waals surface area contributed by atoms with Crippen molar-refractivity contribution in [3.05, 3.63) is 0 Å². The van der Waals surface area contributed by atoms with Crippen LogP contribution in [-0.4, -0.2) is 54.2 Å². The number of primary amides is 1. The molecule has 1 saturated carbocycles. The average molecular weight is 297 g/mol. The van der Waals surface area contributed by atoms with Gasteiger partial charge < -0.3 is 15.8 Å². The molecule has 2 fully saturated rings. The molecule has 0 aromatic heterocycles. The van der Waals surface area contributed by atoms with Crippen LogP contribution in [0.1, 0.15) is 52.9 Å². The van der Waals surface area contributed by atoms with Crippen LogP contribution >= 0.6 is 0 Å². The van der Waals surface area contributed by atoms with Gasteiger partial charge >= 0.3 is 0 Å². The first-order chi connectivity index (χ1) is 9.98. The molecule has 0 bridgehead atoms. The molecule has 0 aromatic rings. The first-order valence-electron chi connectivity index (χ1n) is 8.40. The van der Waals surface area contributed by atoms with Gasteiger partial charge in [-0.3, -0.25) is 9.69 Å². The Labute approximate surface area is 128 Å². The van der Waals surface area contributed by atoms with E-state index in [9.17, 15) is 4.79 Å². The molecule has 3 N–H and O–H groups in total. The van der Waals surface area contributed by atoms with Crippen LogP contribution in [0.4, 0.5) is 0 Å². The molecule has 21 heavy (non-hydrogen) atoms. The summed E-state index contributed by atoms with van der Waals surface area (Å²) in [4.78, 5) is 14.4. The summed E-state index contributed by atoms with van der Waals surface area (Å²) in [5.74, 6) is -0.260. The van der Waals surface area contributed by atoms with Crippen LogP contribution in [0.3, 0.4) is 0 Å². The topological polar surface area (TPSA) is 67.6 Å². The third-order valence-electron chi connectivity index (χ3n) is 5.16. The summed E-state index contributed by atoms with van der Waals surface area (Å²) >= 11 is 0. The van der Waals surface area contributed by atoms with E-state index in [0.29, 0.717) is 18.2 Å². The molecule has 122 valence electrons. The highest BCUT2D eigenvalue weighted by Gasteiger charge is 2.39. The fourth-order valence-electron chi connectivity index (χ4n) is 4.03. The molecule has 4 atom stereocenters. The lowest BCUT2D eigenvalue weighted by molar-refractivity contribution is -0.126. The number of nitrogens with two attached hydrogens (primary N) is 1. The van der Waals surface area contributed by atoms with Crippen LogP contribution in [0.25, 0.3) is 0 Å². The van der Waals surface area contributed by atoms with Gasteiger partial charge in [0.2, 0.25) is 5.91 Å². The maximum atomic E-state index is 11.8. The molecule has 5 heteroatoms. The highest BCUT2D eigenvalue weighted by atomic mass is 16.5. The minimum absolute atomic E-state index is 0.260. The van der Waals surface area contributed by atoms with Gasteiger partial charge in [-0.05, 0) is 39.7 Å². The fourth-order valence-corrected chi connectivity index (χ4v) is 4.03. The summed E-state index contributed by atoms with van der Waals surface area (Å²) in [5.41, 5.74) is 4.99. The maximum absolute atomic E-state index is 11.8. The van der Waals surface area contributed by atoms with Crippen molar-refractivity contribution in [2.24, 2.45) is 5.73 Å². The SMILES string of the molecule is CCNC(C)(CC(C)N1CCOC2CCCCC21)C(N)=O. The lowest BCUT2D eigenvalue weighted by Crippen LogP contribution is -2.60. The number of rotatable bonds is 6. The van der Waals surface area contributed by atoms with E-state index in [2.05, 4.69) is 17.1 Å². The van der Waals surface area contributed by atoms with E-state index in [-0.39, 0.29) is 5.91 Å². The Kier molecular flexibility index (Phi) is 5.63. The predicted molar refractivity (Wildman–Crippen MR) is 84.1 cm³/mol. The number of fused-ring (bicyclic) bond motifs is 1. The molecule has 2 rings (SSSR count). The largest absolute Gasteiger partial charge is 0.375 e. The number of ether oxygens (including phenoxy) is 1. The summed E-state index contributed by atoms with van der Waals surface area (Å²) < 4.78 is 5.94. The van der Waals surface area contributed by atoms with Crippen molar-refractivity contribution in [2.75, 3.05) is 19.7 Å². The molecule has 0 radical (unpaired) electrons. The van der Waals surface area contributed by atoms with Gasteiger partial charge in [-0.2, -0.15) is 0 Å². The van der Waals surface area contributed by atoms with Crippen molar-refractivity contribution in [1.82, 2.24) is 10.2 Å². The molecule has 1 saturated heterocycles. The Hall–Kier alpha value is -0.650. The molecule has 4 unspecified atom stereocenters. The summed E-state index contributed by atoms with van der Waals surface area (Å²) in [7, 11) is 0. The number of likely N-dealkylation sites (N-methyl/N-ethyl adjacent to an activating group) is 1. The van der Waals surface area contributed by atoms with Crippen LogP contribution in [-0.2, 0) is 9.53 Å². The minimum atomic E-state index is -0.628. The predicted octanol–water partition coefficient (Wildman–Crippen LogP) is 1.26. The highest BCUT2D eigenvalue weighted by Crippen LogP contribution is 2.31. The zero-order valence-corrected chi connectivity index (χ0v) is 13.7. The Morgan fingerprint density at radius 3 is 2.86 bits per heavy atom. The summed E-state index contributed by atoms with van der Waals surface area (Å²) in [6.07, 6.45) is 6.08. The van der Waals surface area contributed by atoms with Gasteiger partial charge in [-0.15, -0.1) is 0 Å². The second-order valence-electron chi connectivity index (χ2n) is 6.78. The third-order valence-corrected chi connectivity index (χ3v) is 5.16. The molecular formula is C16H31N3O2. The van der Waals surface area contributed by atoms with Crippen LogP contribution in [0.15, 0.2) is 0 Å². The number of carbonyl (C=O) groups excluding carboxylic acids is 1. The fraction of sp³-hybridized carbons (Fsp3) is 0.938. The van der Waals surface area contributed by atoms with Crippen LogP contribution < -0.4 is 11.1 Å². The quantitative estimate of drug-likeness (QED) is 0.774. The Morgan fingerprint density at radius 2 is 2.19 bits per heavy atom. The molecule has 1 aliphatic carbocycles. The van der Waals surface area contributed by atoms with Gasteiger partial charge in [0, 0.05) is 18.6 Å². The first kappa shape index (κ1) is 16.7. The van der Waals surface area contributed by atoms with Gasteiger partial charge in [0.25, 0.3) is 0 Å². The Balaban J connectivity index is 2.03. The van der Waals surface area contributed by atoms with Crippen molar-refractivity contribution in [1.29, 1.82) is 0 Å². The van der Waals surface area contributed by atoms with E-state index in [4.69, 9.17) is 10.5 Å². The molecule has 2 aliphatic rings. The highest BCUT2D eigenvalue weighted by molar-refractivity contribution is 5.84. The number of nitrogens with one attached hydrogen (secondary N) is 1. The van der Waals surface area contributed by atoms with Crippen molar-refractivity contribution in [2.45, 2.75) is 76.6 Å². The molecule has 5 nitrogen and oxygen atoms in total. The molecule has 0 spiro atoms. The third kappa shape index (κ3) is 3.76. The Bertz CT molecular complexity index is 361. The van der Waals surface area contributed by atoms with E-state index < -0.39 is 5.54 Å². The molecule has 0 aromatic carbocycles. The second kappa shape index (κ2) is 7.07. The van der Waals surface area contributed by atoms with Crippen LogP contribution in [0.2, 0.25) is 0 Å². The zero-order valence-electron chi connectivity index (χ0n) is 13.7. The van der Waals surface area contributed by atoms with Crippen LogP contribution in [0, 0.1) is 0 Å². The minimum Gasteiger partial charge on any atom is -0.375 e. The number of amides is 1. The summed E-state index contributed by atoms with van der Waals surface area (Å²) in [5, 5.41) is 3.27. The van der Waals surface area contributed by atoms with Gasteiger partial charge in [0.15, 0.2) is 0 Å². The zero-order chi connectivity index (χ0) is 15.5. The monoisotopic (exact) mass is 297 g/mol. The summed E-state index contributed by atoms with van der Waals surface area (Å²) in [6, 6.07) is 0.845. The lowest BCUT2D eigenvalue weighted by Gasteiger charge is -2.47. The number of morpholine rings is 1. The summed E-state index contributed by atoms with van der Waals surface area (Å²) in [6.45, 7) is 8.67. The van der Waals surface area contributed by atoms with E-state index >= 15 is 0 Å². The van der Waals surface area contributed by atoms with Crippen LogP contribution in [0.5, 0.6) is 0 Å². The van der Waals surface area contributed by atoms with Gasteiger partial charge in [0.1, 0.15) is 0 Å². The maximum Gasteiger partial charge on any atom is 0.237 e. The number of carbonyl (C=O) groups is 1. The van der Waals surface area contributed by atoms with Crippen molar-refractivity contribution < 1.29 is 9.53 Å². The van der Waals surface area contributed by atoms with Gasteiger partial charge in [0.05, 0.1) is 18.2 Å². The van der Waals surface area contributed by atoms with E-state index in [1.165, 1.54) is 25.7 Å². The molecule has 1 aliphatic heterocycles. The normalized spacial score (nSPS) is 31.2. The number of hydrogen-bond donors (Lipinski definition) is 2. The number of nitrogens with zero attached hydrogens (tertiary/aromatic N) is 1. The van der Waals surface area contributed by atoms with Crippen molar-refractivity contribution in [3.8, 4) is 0 Å². The van der Waals surface area contributed by atoms with E-state index in [0.717, 1.165) is 26.1 Å². The van der Waals surface area contributed by atoms with Crippen molar-refractivity contribution in [3.63, 3.8) is 0 Å². The van der Waals surface area contributed by atoms with E-state index in [1.807, 2.05) is 13.8 Å². The smallest absolute Gasteiger partial charge is 0.237 e. The molecular weight excluding hydrogens is 266 g/mol. The average Bonchev–Trinajstić information content (AvgIpc) is 2.46. The molecule has 1 amide bonds. The second-order valence-corrected chi connectivity index (χ2v) is 6.78. The Morgan fingerprint density at radius 1 is 1.48 bits per heavy atom. The van der Waals surface area contributed by atoms with Crippen molar-refractivity contribution >= 4 is 5.91 Å². The standard InChI is InChI=1S/C16H31N3O2/c1-4-18-16(3,15(17)20)11-12(2)19-9-10-21-14-8-6-5-7-13(14)19/h12-14,18H,4-11H2,1-3H3,(H2,17,20). The first-order valence-corrected chi connectivity index (χ1v) is 8.40. The number of hydrogen-bond acceptors (Lipinski definition) is 4. The lowest BCUT2D eigenvalue weighted by atomic mass is 9.86. The van der Waals surface area contributed by atoms with Gasteiger partial charge in [-0.25, -0.2) is 0 Å². The molecule has 1 heterocycles.